The van der Waals surface area contributed by atoms with Gasteiger partial charge >= 0.3 is 0 Å². The van der Waals surface area contributed by atoms with Crippen molar-refractivity contribution in [1.82, 2.24) is 19.9 Å². The van der Waals surface area contributed by atoms with Gasteiger partial charge in [0.15, 0.2) is 0 Å². The Hall–Kier alpha value is -1.69. The Morgan fingerprint density at radius 1 is 1.45 bits per heavy atom. The summed E-state index contributed by atoms with van der Waals surface area (Å²) in [5.74, 6) is 0.0491. The van der Waals surface area contributed by atoms with E-state index in [1.54, 1.807) is 7.11 Å². The zero-order valence-corrected chi connectivity index (χ0v) is 12.4. The van der Waals surface area contributed by atoms with Gasteiger partial charge in [0.1, 0.15) is 12.3 Å². The van der Waals surface area contributed by atoms with Gasteiger partial charge in [-0.15, -0.1) is 5.10 Å². The molecule has 0 saturated heterocycles. The average molecular weight is 278 g/mol. The zero-order chi connectivity index (χ0) is 14.5. The molecule has 0 N–H and O–H groups in total. The predicted molar refractivity (Wildman–Crippen MR) is 76.1 cm³/mol. The van der Waals surface area contributed by atoms with Gasteiger partial charge < -0.3 is 9.64 Å². The normalized spacial score (nSPS) is 16.2. The van der Waals surface area contributed by atoms with Crippen LogP contribution in [0.1, 0.15) is 38.4 Å². The minimum atomic E-state index is 0.0491. The molecule has 6 nitrogen and oxygen atoms in total. The number of methoxy groups -OCH3 is 1. The van der Waals surface area contributed by atoms with Crippen molar-refractivity contribution in [1.29, 1.82) is 0 Å². The van der Waals surface area contributed by atoms with Crippen LogP contribution in [0.2, 0.25) is 0 Å². The number of hydrogen-bond donors (Lipinski definition) is 0. The third-order valence-electron chi connectivity index (χ3n) is 3.43. The highest BCUT2D eigenvalue weighted by Gasteiger charge is 2.18. The first-order valence-corrected chi connectivity index (χ1v) is 6.99. The summed E-state index contributed by atoms with van der Waals surface area (Å²) in [5, 5.41) is 8.36. The Morgan fingerprint density at radius 3 is 2.90 bits per heavy atom. The number of aromatic nitrogens is 3. The number of amides is 1. The summed E-state index contributed by atoms with van der Waals surface area (Å²) < 4.78 is 6.76. The van der Waals surface area contributed by atoms with Gasteiger partial charge in [-0.1, -0.05) is 11.3 Å². The number of carbonyl (C=O) groups is 1. The van der Waals surface area contributed by atoms with Crippen LogP contribution in [0, 0.1) is 0 Å². The second kappa shape index (κ2) is 6.65. The van der Waals surface area contributed by atoms with Gasteiger partial charge in [-0.05, 0) is 32.3 Å². The fraction of sp³-hybridized carbons (Fsp3) is 0.643. The van der Waals surface area contributed by atoms with E-state index in [2.05, 4.69) is 30.2 Å². The molecule has 0 radical (unpaired) electrons. The van der Waals surface area contributed by atoms with Crippen LogP contribution in [0.3, 0.4) is 0 Å². The summed E-state index contributed by atoms with van der Waals surface area (Å²) in [6.45, 7) is 5.75. The average Bonchev–Trinajstić information content (AvgIpc) is 2.78. The number of nitrogens with zero attached hydrogens (tertiary/aromatic N) is 4. The Kier molecular flexibility index (Phi) is 4.89. The van der Waals surface area contributed by atoms with Gasteiger partial charge in [0.2, 0.25) is 5.91 Å². The van der Waals surface area contributed by atoms with Gasteiger partial charge in [-0.3, -0.25) is 4.79 Å². The molecule has 2 heterocycles. The Bertz CT molecular complexity index is 493. The minimum Gasteiger partial charge on any atom is -0.375 e. The molecule has 20 heavy (non-hydrogen) atoms. The first kappa shape index (κ1) is 14.7. The largest absolute Gasteiger partial charge is 0.375 e. The second-order valence-corrected chi connectivity index (χ2v) is 5.26. The lowest BCUT2D eigenvalue weighted by molar-refractivity contribution is -0.134. The molecule has 1 aliphatic heterocycles. The fourth-order valence-electron chi connectivity index (χ4n) is 2.24. The van der Waals surface area contributed by atoms with Crippen molar-refractivity contribution in [2.75, 3.05) is 26.8 Å². The number of ether oxygens (including phenoxy) is 1. The molecule has 1 aromatic heterocycles. The van der Waals surface area contributed by atoms with Gasteiger partial charge in [0.25, 0.3) is 0 Å². The molecule has 0 atom stereocenters. The van der Waals surface area contributed by atoms with Crippen LogP contribution in [0.4, 0.5) is 0 Å². The van der Waals surface area contributed by atoms with Crippen molar-refractivity contribution in [3.8, 4) is 0 Å². The van der Waals surface area contributed by atoms with E-state index in [0.29, 0.717) is 12.6 Å². The molecule has 0 aliphatic carbocycles. The molecule has 1 aromatic rings. The van der Waals surface area contributed by atoms with E-state index in [9.17, 15) is 4.79 Å². The smallest absolute Gasteiger partial charge is 0.248 e. The number of hydrogen-bond acceptors (Lipinski definition) is 4. The maximum atomic E-state index is 11.8. The zero-order valence-electron chi connectivity index (χ0n) is 12.4. The van der Waals surface area contributed by atoms with Crippen molar-refractivity contribution >= 4 is 11.5 Å². The molecule has 2 rings (SSSR count). The van der Waals surface area contributed by atoms with Gasteiger partial charge in [0, 0.05) is 26.2 Å². The quantitative estimate of drug-likeness (QED) is 0.837. The van der Waals surface area contributed by atoms with E-state index in [1.807, 2.05) is 15.8 Å². The molecule has 6 heteroatoms. The van der Waals surface area contributed by atoms with Gasteiger partial charge in [-0.25, -0.2) is 4.68 Å². The first-order valence-electron chi connectivity index (χ1n) is 6.99. The molecular weight excluding hydrogens is 256 g/mol. The highest BCUT2D eigenvalue weighted by atomic mass is 16.5. The molecule has 1 amide bonds. The van der Waals surface area contributed by atoms with Gasteiger partial charge in [0.05, 0.1) is 6.20 Å². The minimum absolute atomic E-state index is 0.0491. The van der Waals surface area contributed by atoms with E-state index in [-0.39, 0.29) is 12.5 Å². The standard InChI is InChI=1S/C14H22N4O2/c1-11(2)18-9-13(15-16-18)12-5-4-7-17(8-6-12)14(19)10-20-3/h5,9,11H,4,6-8,10H2,1-3H3. The van der Waals surface area contributed by atoms with Crippen LogP contribution in [0.25, 0.3) is 5.57 Å². The van der Waals surface area contributed by atoms with Crippen LogP contribution in [-0.2, 0) is 9.53 Å². The summed E-state index contributed by atoms with van der Waals surface area (Å²) >= 11 is 0. The molecule has 0 spiro atoms. The van der Waals surface area contributed by atoms with Crippen molar-refractivity contribution in [3.05, 3.63) is 18.0 Å². The van der Waals surface area contributed by atoms with Crippen LogP contribution in [-0.4, -0.2) is 52.6 Å². The van der Waals surface area contributed by atoms with Gasteiger partial charge in [-0.2, -0.15) is 0 Å². The summed E-state index contributed by atoms with van der Waals surface area (Å²) in [4.78, 5) is 13.7. The molecule has 0 fully saturated rings. The summed E-state index contributed by atoms with van der Waals surface area (Å²) in [7, 11) is 1.55. The molecule has 1 aliphatic rings. The van der Waals surface area contributed by atoms with Crippen LogP contribution >= 0.6 is 0 Å². The van der Waals surface area contributed by atoms with Crippen molar-refractivity contribution in [2.45, 2.75) is 32.7 Å². The van der Waals surface area contributed by atoms with E-state index in [4.69, 9.17) is 4.74 Å². The first-order chi connectivity index (χ1) is 9.61. The Labute approximate surface area is 119 Å². The topological polar surface area (TPSA) is 60.2 Å². The Balaban J connectivity index is 2.01. The predicted octanol–water partition coefficient (Wildman–Crippen LogP) is 1.51. The van der Waals surface area contributed by atoms with Crippen LogP contribution < -0.4 is 0 Å². The molecular formula is C14H22N4O2. The van der Waals surface area contributed by atoms with E-state index in [0.717, 1.165) is 25.1 Å². The van der Waals surface area contributed by atoms with E-state index >= 15 is 0 Å². The Morgan fingerprint density at radius 2 is 2.25 bits per heavy atom. The van der Waals surface area contributed by atoms with Crippen LogP contribution in [0.5, 0.6) is 0 Å². The molecule has 0 aromatic carbocycles. The van der Waals surface area contributed by atoms with Crippen molar-refractivity contribution in [3.63, 3.8) is 0 Å². The maximum Gasteiger partial charge on any atom is 0.248 e. The highest BCUT2D eigenvalue weighted by molar-refractivity contribution is 5.78. The van der Waals surface area contributed by atoms with E-state index < -0.39 is 0 Å². The molecule has 0 bridgehead atoms. The lowest BCUT2D eigenvalue weighted by Crippen LogP contribution is -2.34. The summed E-state index contributed by atoms with van der Waals surface area (Å²) in [6, 6.07) is 0.308. The summed E-state index contributed by atoms with van der Waals surface area (Å²) in [5.41, 5.74) is 2.09. The van der Waals surface area contributed by atoms with E-state index in [1.165, 1.54) is 5.57 Å². The lowest BCUT2D eigenvalue weighted by atomic mass is 10.1. The monoisotopic (exact) mass is 278 g/mol. The third-order valence-corrected chi connectivity index (χ3v) is 3.43. The highest BCUT2D eigenvalue weighted by Crippen LogP contribution is 2.21. The molecule has 110 valence electrons. The maximum absolute atomic E-state index is 11.8. The third kappa shape index (κ3) is 3.45. The SMILES string of the molecule is COCC(=O)N1CCC=C(c2cn(C(C)C)nn2)CC1. The van der Waals surface area contributed by atoms with Crippen LogP contribution in [0.15, 0.2) is 12.3 Å². The lowest BCUT2D eigenvalue weighted by Gasteiger charge is -2.19. The van der Waals surface area contributed by atoms with Crippen molar-refractivity contribution < 1.29 is 9.53 Å². The number of carbonyl (C=O) groups excluding carboxylic acids is 1. The fourth-order valence-corrected chi connectivity index (χ4v) is 2.24. The second-order valence-electron chi connectivity index (χ2n) is 5.26. The molecule has 0 unspecified atom stereocenters. The number of rotatable bonds is 4. The van der Waals surface area contributed by atoms with Crippen molar-refractivity contribution in [2.24, 2.45) is 0 Å². The summed E-state index contributed by atoms with van der Waals surface area (Å²) in [6.07, 6.45) is 5.80. The molecule has 0 saturated carbocycles.